The Labute approximate surface area is 232 Å². The second-order valence-electron chi connectivity index (χ2n) is 11.2. The number of allylic oxidation sites excluding steroid dienone is 2. The molecule has 2 aromatic heterocycles. The number of aromatic amines is 1. The zero-order valence-corrected chi connectivity index (χ0v) is 22.9. The van der Waals surface area contributed by atoms with E-state index in [1.54, 1.807) is 16.8 Å². The second kappa shape index (κ2) is 10.3. The van der Waals surface area contributed by atoms with E-state index < -0.39 is 0 Å². The van der Waals surface area contributed by atoms with Gasteiger partial charge in [0.2, 0.25) is 11.4 Å². The molecule has 1 N–H and O–H groups in total. The maximum absolute atomic E-state index is 3.58. The Balaban J connectivity index is 1.19. The SMILES string of the molecule is CCc1ccc2c(c1-c1cc(/C=C/C=C/c3cc4c5c(c3)CCCN5CCC4)cc[nH+]1)-c1cccc[n+]1CC2. The molecule has 0 radical (unpaired) electrons. The largest absolute Gasteiger partial charge is 0.371 e. The highest BCUT2D eigenvalue weighted by atomic mass is 15.1. The van der Waals surface area contributed by atoms with Gasteiger partial charge in [0.1, 0.15) is 0 Å². The van der Waals surface area contributed by atoms with Gasteiger partial charge in [0, 0.05) is 49.5 Å². The highest BCUT2D eigenvalue weighted by molar-refractivity contribution is 5.84. The predicted molar refractivity (Wildman–Crippen MR) is 161 cm³/mol. The first-order chi connectivity index (χ1) is 19.3. The normalized spacial score (nSPS) is 15.9. The Morgan fingerprint density at radius 2 is 1.62 bits per heavy atom. The van der Waals surface area contributed by atoms with E-state index in [9.17, 15) is 0 Å². The number of aryl methyl sites for hydroxylation is 5. The molecule has 5 heterocycles. The van der Waals surface area contributed by atoms with Crippen LogP contribution < -0.4 is 14.5 Å². The first-order valence-electron chi connectivity index (χ1n) is 14.7. The number of hydrogen-bond donors (Lipinski definition) is 0. The third-order valence-electron chi connectivity index (χ3n) is 8.72. The standard InChI is InChI=1S/C36H36N3/c1-2-28-14-15-29-17-22-38-19-6-5-13-33(38)35(29)34(28)32-25-26(16-18-37-32)9-3-4-10-27-23-30-11-7-20-39-21-8-12-31(24-27)36(30)39/h3-6,9-10,13-16,18-19,23-25H,2,7-8,11-12,17,20-22H2,1H3/q+1/p+1/b9-3+,10-4+. The number of pyridine rings is 2. The van der Waals surface area contributed by atoms with Crippen molar-refractivity contribution in [3.63, 3.8) is 0 Å². The van der Waals surface area contributed by atoms with Crippen LogP contribution in [0.2, 0.25) is 0 Å². The minimum absolute atomic E-state index is 1.01. The molecule has 39 heavy (non-hydrogen) atoms. The van der Waals surface area contributed by atoms with E-state index in [1.807, 2.05) is 0 Å². The Morgan fingerprint density at radius 1 is 0.821 bits per heavy atom. The predicted octanol–water partition coefficient (Wildman–Crippen LogP) is 6.67. The molecule has 4 aromatic rings. The molecular weight excluding hydrogens is 474 g/mol. The molecule has 0 amide bonds. The summed E-state index contributed by atoms with van der Waals surface area (Å²) in [4.78, 5) is 6.19. The van der Waals surface area contributed by atoms with E-state index in [0.717, 1.165) is 19.4 Å². The van der Waals surface area contributed by atoms with Crippen LogP contribution in [0.3, 0.4) is 0 Å². The molecule has 0 unspecified atom stereocenters. The lowest BCUT2D eigenvalue weighted by Gasteiger charge is -2.37. The third-order valence-corrected chi connectivity index (χ3v) is 8.72. The van der Waals surface area contributed by atoms with Gasteiger partial charge in [0.25, 0.3) is 0 Å². The van der Waals surface area contributed by atoms with Crippen LogP contribution in [-0.4, -0.2) is 13.1 Å². The Hall–Kier alpha value is -3.98. The fourth-order valence-corrected chi connectivity index (χ4v) is 6.92. The van der Waals surface area contributed by atoms with Gasteiger partial charge in [-0.05, 0) is 83.7 Å². The Morgan fingerprint density at radius 3 is 2.41 bits per heavy atom. The summed E-state index contributed by atoms with van der Waals surface area (Å²) in [6, 6.07) is 20.5. The van der Waals surface area contributed by atoms with Gasteiger partial charge in [0.15, 0.2) is 18.9 Å². The lowest BCUT2D eigenvalue weighted by Crippen LogP contribution is -2.40. The quantitative estimate of drug-likeness (QED) is 0.217. The van der Waals surface area contributed by atoms with E-state index >= 15 is 0 Å². The van der Waals surface area contributed by atoms with Gasteiger partial charge in [-0.3, -0.25) is 0 Å². The van der Waals surface area contributed by atoms with Crippen LogP contribution in [0, 0.1) is 0 Å². The summed E-state index contributed by atoms with van der Waals surface area (Å²) in [5.41, 5.74) is 15.2. The molecular formula is C36H37N3+2. The average Bonchev–Trinajstić information content (AvgIpc) is 2.99. The van der Waals surface area contributed by atoms with Crippen LogP contribution in [0.5, 0.6) is 0 Å². The van der Waals surface area contributed by atoms with Crippen LogP contribution >= 0.6 is 0 Å². The minimum Gasteiger partial charge on any atom is -0.371 e. The lowest BCUT2D eigenvalue weighted by atomic mass is 9.86. The highest BCUT2D eigenvalue weighted by Crippen LogP contribution is 2.38. The molecule has 194 valence electrons. The summed E-state index contributed by atoms with van der Waals surface area (Å²) < 4.78 is 2.40. The number of aromatic nitrogens is 2. The molecule has 0 aliphatic carbocycles. The second-order valence-corrected chi connectivity index (χ2v) is 11.2. The van der Waals surface area contributed by atoms with Crippen LogP contribution in [0.15, 0.2) is 79.1 Å². The monoisotopic (exact) mass is 511 g/mol. The molecule has 0 bridgehead atoms. The van der Waals surface area contributed by atoms with E-state index in [4.69, 9.17) is 0 Å². The summed E-state index contributed by atoms with van der Waals surface area (Å²) in [5, 5.41) is 0. The van der Waals surface area contributed by atoms with Crippen molar-refractivity contribution in [2.24, 2.45) is 0 Å². The van der Waals surface area contributed by atoms with Crippen molar-refractivity contribution in [1.29, 1.82) is 0 Å². The summed E-state index contributed by atoms with van der Waals surface area (Å²) >= 11 is 0. The van der Waals surface area contributed by atoms with Crippen LogP contribution in [-0.2, 0) is 32.2 Å². The van der Waals surface area contributed by atoms with Crippen molar-refractivity contribution in [1.82, 2.24) is 0 Å². The molecule has 0 spiro atoms. The maximum Gasteiger partial charge on any atom is 0.213 e. The number of hydrogen-bond acceptors (Lipinski definition) is 1. The molecule has 0 saturated heterocycles. The third kappa shape index (κ3) is 4.50. The zero-order valence-electron chi connectivity index (χ0n) is 22.9. The van der Waals surface area contributed by atoms with Crippen molar-refractivity contribution >= 4 is 17.8 Å². The van der Waals surface area contributed by atoms with Gasteiger partial charge >= 0.3 is 0 Å². The first-order valence-corrected chi connectivity index (χ1v) is 14.7. The minimum atomic E-state index is 1.01. The Kier molecular flexibility index (Phi) is 6.36. The number of anilines is 1. The molecule has 3 nitrogen and oxygen atoms in total. The average molecular weight is 512 g/mol. The lowest BCUT2D eigenvalue weighted by molar-refractivity contribution is -0.687. The van der Waals surface area contributed by atoms with Gasteiger partial charge < -0.3 is 4.90 Å². The van der Waals surface area contributed by atoms with Crippen molar-refractivity contribution in [3.8, 4) is 22.5 Å². The Bertz CT molecular complexity index is 1580. The van der Waals surface area contributed by atoms with Crippen LogP contribution in [0.1, 0.15) is 53.1 Å². The molecule has 3 aliphatic heterocycles. The number of benzene rings is 2. The number of H-pyrrole nitrogens is 1. The fraction of sp³-hybridized carbons (Fsp3) is 0.278. The van der Waals surface area contributed by atoms with Crippen LogP contribution in [0.4, 0.5) is 5.69 Å². The van der Waals surface area contributed by atoms with Crippen LogP contribution in [0.25, 0.3) is 34.7 Å². The van der Waals surface area contributed by atoms with Crippen molar-refractivity contribution in [3.05, 3.63) is 113 Å². The maximum atomic E-state index is 3.58. The number of fused-ring (bicyclic) bond motifs is 3. The van der Waals surface area contributed by atoms with E-state index in [-0.39, 0.29) is 0 Å². The van der Waals surface area contributed by atoms with Gasteiger partial charge in [-0.25, -0.2) is 4.98 Å². The molecule has 7 rings (SSSR count). The molecule has 3 heteroatoms. The van der Waals surface area contributed by atoms with Crippen molar-refractivity contribution in [2.45, 2.75) is 52.0 Å². The van der Waals surface area contributed by atoms with Gasteiger partial charge in [0.05, 0.1) is 11.1 Å². The molecule has 0 fully saturated rings. The smallest absolute Gasteiger partial charge is 0.213 e. The summed E-state index contributed by atoms with van der Waals surface area (Å²) in [6.07, 6.45) is 20.2. The number of nitrogens with one attached hydrogen (secondary N) is 1. The number of rotatable bonds is 5. The van der Waals surface area contributed by atoms with Crippen molar-refractivity contribution < 1.29 is 9.55 Å². The molecule has 0 saturated carbocycles. The summed E-state index contributed by atoms with van der Waals surface area (Å²) in [5.74, 6) is 0. The van der Waals surface area contributed by atoms with E-state index in [2.05, 4.69) is 113 Å². The van der Waals surface area contributed by atoms with Gasteiger partial charge in [-0.1, -0.05) is 43.4 Å². The highest BCUT2D eigenvalue weighted by Gasteiger charge is 2.29. The van der Waals surface area contributed by atoms with Gasteiger partial charge in [-0.2, -0.15) is 4.57 Å². The summed E-state index contributed by atoms with van der Waals surface area (Å²) in [6.45, 7) is 5.75. The fourth-order valence-electron chi connectivity index (χ4n) is 6.92. The molecule has 2 aromatic carbocycles. The van der Waals surface area contributed by atoms with E-state index in [1.165, 1.54) is 83.5 Å². The zero-order chi connectivity index (χ0) is 26.2. The molecule has 3 aliphatic rings. The van der Waals surface area contributed by atoms with Crippen molar-refractivity contribution in [2.75, 3.05) is 18.0 Å². The number of nitrogens with zero attached hydrogens (tertiary/aromatic N) is 2. The first kappa shape index (κ1) is 24.1. The molecule has 0 atom stereocenters. The van der Waals surface area contributed by atoms with Gasteiger partial charge in [-0.15, -0.1) is 0 Å². The topological polar surface area (TPSA) is 21.3 Å². The summed E-state index contributed by atoms with van der Waals surface area (Å²) in [7, 11) is 0. The van der Waals surface area contributed by atoms with E-state index in [0.29, 0.717) is 0 Å².